The average Bonchev–Trinajstić information content (AvgIpc) is 3.10. The number of rotatable bonds is 4. The maximum absolute atomic E-state index is 12.5. The smallest absolute Gasteiger partial charge is 0.293 e. The number of amides is 1. The van der Waals surface area contributed by atoms with Crippen LogP contribution in [0.5, 0.6) is 0 Å². The van der Waals surface area contributed by atoms with Crippen molar-refractivity contribution in [2.45, 2.75) is 54.9 Å². The molecule has 0 aliphatic heterocycles. The van der Waals surface area contributed by atoms with Crippen LogP contribution in [0.1, 0.15) is 61.1 Å². The van der Waals surface area contributed by atoms with E-state index in [-0.39, 0.29) is 17.6 Å². The Balaban J connectivity index is 1.82. The summed E-state index contributed by atoms with van der Waals surface area (Å²) in [7, 11) is 0. The number of carbonyl (C=O) groups excluding carboxylic acids is 1. The fraction of sp³-hybridized carbons (Fsp3) is 0.348. The van der Waals surface area contributed by atoms with Crippen LogP contribution in [-0.2, 0) is 6.42 Å². The number of nitrogens with one attached hydrogen (secondary N) is 1. The SMILES string of the molecule is Cc1cc(C)nc(NC(=O)c2ccc(Cc3c(C)c(C)c(C)c(C)c3C)o2)n1. The molecule has 0 aliphatic carbocycles. The molecule has 0 saturated heterocycles. The minimum absolute atomic E-state index is 0.258. The van der Waals surface area contributed by atoms with Gasteiger partial charge in [0.25, 0.3) is 5.91 Å². The summed E-state index contributed by atoms with van der Waals surface area (Å²) in [6.07, 6.45) is 0.660. The molecule has 1 aromatic carbocycles. The molecule has 2 heterocycles. The Hall–Kier alpha value is -2.95. The number of hydrogen-bond acceptors (Lipinski definition) is 4. The normalized spacial score (nSPS) is 11.0. The second-order valence-electron chi connectivity index (χ2n) is 7.47. The van der Waals surface area contributed by atoms with Gasteiger partial charge in [0.2, 0.25) is 5.95 Å². The van der Waals surface area contributed by atoms with Gasteiger partial charge in [-0.1, -0.05) is 0 Å². The molecule has 3 aromatic rings. The lowest BCUT2D eigenvalue weighted by Crippen LogP contribution is -2.14. The van der Waals surface area contributed by atoms with Gasteiger partial charge >= 0.3 is 0 Å². The van der Waals surface area contributed by atoms with E-state index in [4.69, 9.17) is 4.42 Å². The molecule has 146 valence electrons. The molecule has 0 bridgehead atoms. The predicted molar refractivity (Wildman–Crippen MR) is 111 cm³/mol. The highest BCUT2D eigenvalue weighted by Gasteiger charge is 2.17. The Bertz CT molecular complexity index is 1010. The second kappa shape index (κ2) is 7.58. The fourth-order valence-corrected chi connectivity index (χ4v) is 3.56. The highest BCUT2D eigenvalue weighted by molar-refractivity contribution is 6.01. The first kappa shape index (κ1) is 19.8. The van der Waals surface area contributed by atoms with Crippen LogP contribution < -0.4 is 5.32 Å². The highest BCUT2D eigenvalue weighted by atomic mass is 16.3. The van der Waals surface area contributed by atoms with Crippen LogP contribution >= 0.6 is 0 Å². The number of carbonyl (C=O) groups is 1. The lowest BCUT2D eigenvalue weighted by molar-refractivity contribution is 0.0994. The van der Waals surface area contributed by atoms with E-state index in [0.717, 1.165) is 17.1 Å². The molecule has 5 heteroatoms. The molecular formula is C23H27N3O2. The lowest BCUT2D eigenvalue weighted by Gasteiger charge is -2.18. The molecule has 28 heavy (non-hydrogen) atoms. The molecule has 0 aliphatic rings. The zero-order valence-electron chi connectivity index (χ0n) is 17.7. The first-order chi connectivity index (χ1) is 13.2. The van der Waals surface area contributed by atoms with E-state index in [1.807, 2.05) is 26.0 Å². The zero-order chi connectivity index (χ0) is 20.6. The Kier molecular flexibility index (Phi) is 5.36. The fourth-order valence-electron chi connectivity index (χ4n) is 3.56. The summed E-state index contributed by atoms with van der Waals surface area (Å²) in [5.74, 6) is 0.965. The molecular weight excluding hydrogens is 350 g/mol. The van der Waals surface area contributed by atoms with E-state index < -0.39 is 0 Å². The van der Waals surface area contributed by atoms with Gasteiger partial charge < -0.3 is 4.42 Å². The minimum Gasteiger partial charge on any atom is -0.456 e. The number of benzene rings is 1. The summed E-state index contributed by atoms with van der Waals surface area (Å²) < 4.78 is 5.83. The first-order valence-electron chi connectivity index (χ1n) is 9.45. The van der Waals surface area contributed by atoms with Gasteiger partial charge in [0.15, 0.2) is 5.76 Å². The summed E-state index contributed by atoms with van der Waals surface area (Å²) in [6, 6.07) is 5.42. The number of anilines is 1. The van der Waals surface area contributed by atoms with Gasteiger partial charge in [-0.05, 0) is 100 Å². The maximum Gasteiger partial charge on any atom is 0.293 e. The Morgan fingerprint density at radius 2 is 1.39 bits per heavy atom. The summed E-state index contributed by atoms with van der Waals surface area (Å²) in [6.45, 7) is 14.5. The molecule has 0 unspecified atom stereocenters. The molecule has 0 radical (unpaired) electrons. The summed E-state index contributed by atoms with van der Waals surface area (Å²) in [5, 5.41) is 2.71. The van der Waals surface area contributed by atoms with Crippen LogP contribution in [0.25, 0.3) is 0 Å². The molecule has 3 rings (SSSR count). The van der Waals surface area contributed by atoms with Crippen LogP contribution in [0.2, 0.25) is 0 Å². The van der Waals surface area contributed by atoms with Crippen molar-refractivity contribution in [1.82, 2.24) is 9.97 Å². The average molecular weight is 377 g/mol. The zero-order valence-corrected chi connectivity index (χ0v) is 17.7. The van der Waals surface area contributed by atoms with Crippen LogP contribution in [-0.4, -0.2) is 15.9 Å². The second-order valence-corrected chi connectivity index (χ2v) is 7.47. The molecule has 0 atom stereocenters. The van der Waals surface area contributed by atoms with E-state index >= 15 is 0 Å². The highest BCUT2D eigenvalue weighted by Crippen LogP contribution is 2.28. The molecule has 0 saturated carbocycles. The standard InChI is InChI=1S/C23H27N3O2/c1-12-10-13(2)25-23(24-12)26-22(27)21-9-8-19(28-21)11-20-17(6)15(4)14(3)16(5)18(20)7/h8-10H,11H2,1-7H3,(H,24,25,26,27). The van der Waals surface area contributed by atoms with Crippen molar-refractivity contribution in [2.24, 2.45) is 0 Å². The summed E-state index contributed by atoms with van der Waals surface area (Å²) in [5.41, 5.74) is 9.41. The number of hydrogen-bond donors (Lipinski definition) is 1. The third-order valence-electron chi connectivity index (χ3n) is 5.60. The monoisotopic (exact) mass is 377 g/mol. The van der Waals surface area contributed by atoms with E-state index in [1.54, 1.807) is 6.07 Å². The summed E-state index contributed by atoms with van der Waals surface area (Å²) >= 11 is 0. The summed E-state index contributed by atoms with van der Waals surface area (Å²) in [4.78, 5) is 21.0. The van der Waals surface area contributed by atoms with Gasteiger partial charge in [0, 0.05) is 17.8 Å². The van der Waals surface area contributed by atoms with Crippen molar-refractivity contribution >= 4 is 11.9 Å². The van der Waals surface area contributed by atoms with Crippen LogP contribution in [0.4, 0.5) is 5.95 Å². The lowest BCUT2D eigenvalue weighted by atomic mass is 9.88. The van der Waals surface area contributed by atoms with Crippen molar-refractivity contribution in [3.8, 4) is 0 Å². The molecule has 0 spiro atoms. The first-order valence-corrected chi connectivity index (χ1v) is 9.45. The number of furan rings is 1. The maximum atomic E-state index is 12.5. The minimum atomic E-state index is -0.346. The number of aryl methyl sites for hydroxylation is 2. The van der Waals surface area contributed by atoms with Gasteiger partial charge in [0.1, 0.15) is 5.76 Å². The molecule has 2 aromatic heterocycles. The topological polar surface area (TPSA) is 68.0 Å². The van der Waals surface area contributed by atoms with E-state index in [1.165, 1.54) is 33.4 Å². The Morgan fingerprint density at radius 1 is 0.857 bits per heavy atom. The molecule has 0 fully saturated rings. The Morgan fingerprint density at radius 3 is 1.96 bits per heavy atom. The molecule has 5 nitrogen and oxygen atoms in total. The molecule has 1 N–H and O–H groups in total. The number of nitrogens with zero attached hydrogens (tertiary/aromatic N) is 2. The van der Waals surface area contributed by atoms with Crippen molar-refractivity contribution in [1.29, 1.82) is 0 Å². The van der Waals surface area contributed by atoms with E-state index in [9.17, 15) is 4.79 Å². The van der Waals surface area contributed by atoms with Gasteiger partial charge in [0.05, 0.1) is 0 Å². The number of aromatic nitrogens is 2. The molecule has 1 amide bonds. The largest absolute Gasteiger partial charge is 0.456 e. The van der Waals surface area contributed by atoms with Crippen LogP contribution in [0, 0.1) is 48.5 Å². The third kappa shape index (κ3) is 3.84. The van der Waals surface area contributed by atoms with Gasteiger partial charge in [-0.15, -0.1) is 0 Å². The van der Waals surface area contributed by atoms with Gasteiger partial charge in [-0.25, -0.2) is 9.97 Å². The third-order valence-corrected chi connectivity index (χ3v) is 5.60. The van der Waals surface area contributed by atoms with E-state index in [0.29, 0.717) is 6.42 Å². The van der Waals surface area contributed by atoms with Gasteiger partial charge in [-0.3, -0.25) is 10.1 Å². The van der Waals surface area contributed by atoms with Crippen molar-refractivity contribution in [3.63, 3.8) is 0 Å². The van der Waals surface area contributed by atoms with E-state index in [2.05, 4.69) is 49.9 Å². The van der Waals surface area contributed by atoms with Gasteiger partial charge in [-0.2, -0.15) is 0 Å². The predicted octanol–water partition coefficient (Wildman–Crippen LogP) is 5.07. The van der Waals surface area contributed by atoms with Crippen LogP contribution in [0.15, 0.2) is 22.6 Å². The van der Waals surface area contributed by atoms with Crippen molar-refractivity contribution < 1.29 is 9.21 Å². The van der Waals surface area contributed by atoms with Crippen molar-refractivity contribution in [3.05, 3.63) is 74.5 Å². The van der Waals surface area contributed by atoms with Crippen molar-refractivity contribution in [2.75, 3.05) is 5.32 Å². The quantitative estimate of drug-likeness (QED) is 0.689. The van der Waals surface area contributed by atoms with Crippen LogP contribution in [0.3, 0.4) is 0 Å². The Labute approximate surface area is 166 Å².